The number of nitrogens with one attached hydrogen (secondary N) is 1. The standard InChI is InChI=1S/C14H24FN3/c1-11(2)18-13(7-9-17-18)14(3,15)10-12-6-4-5-8-16-12/h7,9,11-12,16H,4-6,8,10H2,1-3H3. The van der Waals surface area contributed by atoms with Crippen molar-refractivity contribution in [3.63, 3.8) is 0 Å². The molecule has 18 heavy (non-hydrogen) atoms. The zero-order chi connectivity index (χ0) is 13.2. The van der Waals surface area contributed by atoms with E-state index in [-0.39, 0.29) is 6.04 Å². The fourth-order valence-corrected chi connectivity index (χ4v) is 2.80. The molecule has 2 unspecified atom stereocenters. The van der Waals surface area contributed by atoms with Crippen LogP contribution >= 0.6 is 0 Å². The van der Waals surface area contributed by atoms with Crippen LogP contribution in [0.15, 0.2) is 12.3 Å². The lowest BCUT2D eigenvalue weighted by molar-refractivity contribution is 0.132. The van der Waals surface area contributed by atoms with Crippen LogP contribution in [0.5, 0.6) is 0 Å². The van der Waals surface area contributed by atoms with E-state index in [0.717, 1.165) is 13.0 Å². The van der Waals surface area contributed by atoms with Crippen LogP contribution < -0.4 is 5.32 Å². The van der Waals surface area contributed by atoms with Gasteiger partial charge in [-0.15, -0.1) is 0 Å². The lowest BCUT2D eigenvalue weighted by Gasteiger charge is -2.30. The Morgan fingerprint density at radius 2 is 2.33 bits per heavy atom. The minimum absolute atomic E-state index is 0.199. The summed E-state index contributed by atoms with van der Waals surface area (Å²) in [4.78, 5) is 0. The van der Waals surface area contributed by atoms with Gasteiger partial charge in [-0.25, -0.2) is 4.39 Å². The first-order valence-electron chi connectivity index (χ1n) is 6.97. The summed E-state index contributed by atoms with van der Waals surface area (Å²) in [6.45, 7) is 6.76. The lowest BCUT2D eigenvalue weighted by Crippen LogP contribution is -2.39. The van der Waals surface area contributed by atoms with Gasteiger partial charge in [-0.05, 0) is 46.2 Å². The van der Waals surface area contributed by atoms with Crippen molar-refractivity contribution in [3.05, 3.63) is 18.0 Å². The third-order valence-electron chi connectivity index (χ3n) is 3.74. The van der Waals surface area contributed by atoms with Crippen molar-refractivity contribution < 1.29 is 4.39 Å². The van der Waals surface area contributed by atoms with Crippen LogP contribution in [0.4, 0.5) is 4.39 Å². The number of halogens is 1. The van der Waals surface area contributed by atoms with E-state index in [4.69, 9.17) is 0 Å². The maximum Gasteiger partial charge on any atom is 0.151 e. The van der Waals surface area contributed by atoms with Crippen molar-refractivity contribution in [2.24, 2.45) is 0 Å². The maximum absolute atomic E-state index is 15.0. The number of aromatic nitrogens is 2. The smallest absolute Gasteiger partial charge is 0.151 e. The molecular formula is C14H24FN3. The summed E-state index contributed by atoms with van der Waals surface area (Å²) >= 11 is 0. The van der Waals surface area contributed by atoms with E-state index in [1.165, 1.54) is 12.8 Å². The Bertz CT molecular complexity index is 378. The molecule has 1 aromatic heterocycles. The van der Waals surface area contributed by atoms with Crippen molar-refractivity contribution in [1.29, 1.82) is 0 Å². The van der Waals surface area contributed by atoms with Crippen molar-refractivity contribution in [1.82, 2.24) is 15.1 Å². The molecular weight excluding hydrogens is 229 g/mol. The van der Waals surface area contributed by atoms with Gasteiger partial charge in [0.25, 0.3) is 0 Å². The zero-order valence-corrected chi connectivity index (χ0v) is 11.6. The van der Waals surface area contributed by atoms with Gasteiger partial charge in [0, 0.05) is 24.7 Å². The zero-order valence-electron chi connectivity index (χ0n) is 11.6. The van der Waals surface area contributed by atoms with Crippen molar-refractivity contribution in [2.75, 3.05) is 6.54 Å². The highest BCUT2D eigenvalue weighted by atomic mass is 19.1. The predicted octanol–water partition coefficient (Wildman–Crippen LogP) is 3.18. The van der Waals surface area contributed by atoms with Gasteiger partial charge < -0.3 is 5.32 Å². The van der Waals surface area contributed by atoms with Gasteiger partial charge in [-0.2, -0.15) is 5.10 Å². The molecule has 0 radical (unpaired) electrons. The van der Waals surface area contributed by atoms with Gasteiger partial charge in [0.2, 0.25) is 0 Å². The molecule has 1 aliphatic heterocycles. The SMILES string of the molecule is CC(C)n1nccc1C(C)(F)CC1CCCCN1. The Hall–Kier alpha value is -0.900. The Morgan fingerprint density at radius 1 is 1.56 bits per heavy atom. The van der Waals surface area contributed by atoms with Gasteiger partial charge in [0.05, 0.1) is 5.69 Å². The fraction of sp³-hybridized carbons (Fsp3) is 0.786. The first-order chi connectivity index (χ1) is 8.50. The molecule has 0 spiro atoms. The normalized spacial score (nSPS) is 24.2. The third-order valence-corrected chi connectivity index (χ3v) is 3.74. The molecule has 2 rings (SSSR count). The average molecular weight is 253 g/mol. The van der Waals surface area contributed by atoms with Crippen molar-refractivity contribution >= 4 is 0 Å². The first-order valence-corrected chi connectivity index (χ1v) is 6.97. The number of hydrogen-bond acceptors (Lipinski definition) is 2. The number of hydrogen-bond donors (Lipinski definition) is 1. The molecule has 0 saturated carbocycles. The van der Waals surface area contributed by atoms with Crippen molar-refractivity contribution in [2.45, 2.75) is 64.2 Å². The number of rotatable bonds is 4. The number of alkyl halides is 1. The van der Waals surface area contributed by atoms with E-state index in [0.29, 0.717) is 18.2 Å². The molecule has 0 aliphatic carbocycles. The predicted molar refractivity (Wildman–Crippen MR) is 71.3 cm³/mol. The van der Waals surface area contributed by atoms with E-state index in [1.807, 2.05) is 19.9 Å². The molecule has 1 aromatic rings. The molecule has 0 amide bonds. The van der Waals surface area contributed by atoms with E-state index < -0.39 is 5.67 Å². The molecule has 102 valence electrons. The van der Waals surface area contributed by atoms with E-state index >= 15 is 0 Å². The minimum Gasteiger partial charge on any atom is -0.314 e. The largest absolute Gasteiger partial charge is 0.314 e. The number of piperidine rings is 1. The highest BCUT2D eigenvalue weighted by molar-refractivity contribution is 5.12. The molecule has 2 atom stereocenters. The molecule has 2 heterocycles. The second-order valence-corrected chi connectivity index (χ2v) is 5.80. The Labute approximate surface area is 109 Å². The quantitative estimate of drug-likeness (QED) is 0.893. The second-order valence-electron chi connectivity index (χ2n) is 5.80. The fourth-order valence-electron chi connectivity index (χ4n) is 2.80. The molecule has 1 fully saturated rings. The summed E-state index contributed by atoms with van der Waals surface area (Å²) in [5.41, 5.74) is -0.611. The summed E-state index contributed by atoms with van der Waals surface area (Å²) in [6.07, 6.45) is 5.73. The molecule has 0 bridgehead atoms. The van der Waals surface area contributed by atoms with Gasteiger partial charge in [-0.3, -0.25) is 4.68 Å². The highest BCUT2D eigenvalue weighted by Crippen LogP contribution is 2.33. The maximum atomic E-state index is 15.0. The molecule has 1 aliphatic rings. The molecule has 3 nitrogen and oxygen atoms in total. The Kier molecular flexibility index (Phi) is 4.05. The van der Waals surface area contributed by atoms with Crippen LogP contribution in [0.25, 0.3) is 0 Å². The number of nitrogens with zero attached hydrogens (tertiary/aromatic N) is 2. The Morgan fingerprint density at radius 3 is 2.94 bits per heavy atom. The van der Waals surface area contributed by atoms with Crippen LogP contribution in [0.1, 0.15) is 58.2 Å². The summed E-state index contributed by atoms with van der Waals surface area (Å²) in [7, 11) is 0. The van der Waals surface area contributed by atoms with Crippen molar-refractivity contribution in [3.8, 4) is 0 Å². The third kappa shape index (κ3) is 2.91. The minimum atomic E-state index is -1.31. The summed E-state index contributed by atoms with van der Waals surface area (Å²) in [6, 6.07) is 2.30. The van der Waals surface area contributed by atoms with E-state index in [2.05, 4.69) is 10.4 Å². The molecule has 1 saturated heterocycles. The highest BCUT2D eigenvalue weighted by Gasteiger charge is 2.33. The lowest BCUT2D eigenvalue weighted by atomic mass is 9.90. The average Bonchev–Trinajstić information content (AvgIpc) is 2.79. The topological polar surface area (TPSA) is 29.9 Å². The first kappa shape index (κ1) is 13.5. The van der Waals surface area contributed by atoms with Crippen LogP contribution in [0, 0.1) is 0 Å². The molecule has 4 heteroatoms. The van der Waals surface area contributed by atoms with Gasteiger partial charge in [0.15, 0.2) is 5.67 Å². The Balaban J connectivity index is 2.11. The monoisotopic (exact) mass is 253 g/mol. The molecule has 1 N–H and O–H groups in total. The van der Waals surface area contributed by atoms with Gasteiger partial charge in [0.1, 0.15) is 0 Å². The molecule has 0 aromatic carbocycles. The van der Waals surface area contributed by atoms with Gasteiger partial charge >= 0.3 is 0 Å². The summed E-state index contributed by atoms with van der Waals surface area (Å²) in [5, 5.41) is 7.65. The second kappa shape index (κ2) is 5.39. The van der Waals surface area contributed by atoms with Crippen LogP contribution in [0.3, 0.4) is 0 Å². The van der Waals surface area contributed by atoms with E-state index in [9.17, 15) is 4.39 Å². The van der Waals surface area contributed by atoms with Gasteiger partial charge in [-0.1, -0.05) is 6.42 Å². The van der Waals surface area contributed by atoms with Crippen LogP contribution in [-0.2, 0) is 5.67 Å². The van der Waals surface area contributed by atoms with Crippen LogP contribution in [-0.4, -0.2) is 22.4 Å². The van der Waals surface area contributed by atoms with E-state index in [1.54, 1.807) is 17.8 Å². The summed E-state index contributed by atoms with van der Waals surface area (Å²) < 4.78 is 16.8. The summed E-state index contributed by atoms with van der Waals surface area (Å²) in [5.74, 6) is 0. The van der Waals surface area contributed by atoms with Crippen LogP contribution in [0.2, 0.25) is 0 Å².